The Bertz CT molecular complexity index is 894. The van der Waals surface area contributed by atoms with Crippen LogP contribution in [0, 0.1) is 0 Å². The van der Waals surface area contributed by atoms with Gasteiger partial charge in [0.25, 0.3) is 0 Å². The lowest BCUT2D eigenvalue weighted by atomic mass is 10.1. The monoisotopic (exact) mass is 401 g/mol. The highest BCUT2D eigenvalue weighted by atomic mass is 32.2. The Kier molecular flexibility index (Phi) is 6.83. The molecule has 1 aliphatic heterocycles. The number of carbonyl (C=O) groups excluding carboxylic acids is 1. The Morgan fingerprint density at radius 1 is 1.04 bits per heavy atom. The SMILES string of the molecule is C[C@@H](NCC(=O)Nc1cccc(S(=O)(=O)N2CCCCC2)c1)c1ccccc1. The summed E-state index contributed by atoms with van der Waals surface area (Å²) in [6.07, 6.45) is 2.85. The summed E-state index contributed by atoms with van der Waals surface area (Å²) < 4.78 is 27.1. The third kappa shape index (κ3) is 5.19. The van der Waals surface area contributed by atoms with Gasteiger partial charge < -0.3 is 10.6 Å². The van der Waals surface area contributed by atoms with E-state index in [1.165, 1.54) is 10.4 Å². The summed E-state index contributed by atoms with van der Waals surface area (Å²) in [5.41, 5.74) is 1.59. The Morgan fingerprint density at radius 3 is 2.46 bits per heavy atom. The molecule has 2 N–H and O–H groups in total. The van der Waals surface area contributed by atoms with E-state index >= 15 is 0 Å². The Hall–Kier alpha value is -2.22. The predicted molar refractivity (Wildman–Crippen MR) is 111 cm³/mol. The van der Waals surface area contributed by atoms with E-state index in [0.717, 1.165) is 24.8 Å². The van der Waals surface area contributed by atoms with Crippen molar-refractivity contribution in [3.05, 3.63) is 60.2 Å². The van der Waals surface area contributed by atoms with Crippen LogP contribution in [0.25, 0.3) is 0 Å². The average molecular weight is 402 g/mol. The van der Waals surface area contributed by atoms with Gasteiger partial charge in [-0.3, -0.25) is 4.79 Å². The zero-order valence-corrected chi connectivity index (χ0v) is 16.9. The molecule has 1 amide bonds. The predicted octanol–water partition coefficient (Wildman–Crippen LogP) is 3.15. The van der Waals surface area contributed by atoms with Gasteiger partial charge in [-0.15, -0.1) is 0 Å². The van der Waals surface area contributed by atoms with Crippen LogP contribution in [-0.2, 0) is 14.8 Å². The van der Waals surface area contributed by atoms with Crippen molar-refractivity contribution in [2.24, 2.45) is 0 Å². The molecular formula is C21H27N3O3S. The van der Waals surface area contributed by atoms with Gasteiger partial charge >= 0.3 is 0 Å². The molecule has 0 spiro atoms. The highest BCUT2D eigenvalue weighted by molar-refractivity contribution is 7.89. The number of piperidine rings is 1. The van der Waals surface area contributed by atoms with Crippen LogP contribution in [0.5, 0.6) is 0 Å². The van der Waals surface area contributed by atoms with E-state index in [-0.39, 0.29) is 23.4 Å². The highest BCUT2D eigenvalue weighted by Gasteiger charge is 2.26. The summed E-state index contributed by atoms with van der Waals surface area (Å²) in [6, 6.07) is 16.4. The lowest BCUT2D eigenvalue weighted by Gasteiger charge is -2.26. The van der Waals surface area contributed by atoms with Gasteiger partial charge in [-0.25, -0.2) is 8.42 Å². The van der Waals surface area contributed by atoms with Gasteiger partial charge in [-0.1, -0.05) is 42.8 Å². The summed E-state index contributed by atoms with van der Waals surface area (Å²) in [7, 11) is -3.52. The normalized spacial score (nSPS) is 16.5. The molecule has 28 heavy (non-hydrogen) atoms. The number of anilines is 1. The van der Waals surface area contributed by atoms with Gasteiger partial charge in [0.05, 0.1) is 11.4 Å². The van der Waals surface area contributed by atoms with E-state index in [4.69, 9.17) is 0 Å². The van der Waals surface area contributed by atoms with Crippen molar-refractivity contribution < 1.29 is 13.2 Å². The second-order valence-electron chi connectivity index (χ2n) is 7.05. The molecule has 6 nitrogen and oxygen atoms in total. The van der Waals surface area contributed by atoms with Crippen molar-refractivity contribution in [3.63, 3.8) is 0 Å². The van der Waals surface area contributed by atoms with Crippen LogP contribution in [0.2, 0.25) is 0 Å². The molecule has 0 aromatic heterocycles. The Morgan fingerprint density at radius 2 is 1.75 bits per heavy atom. The number of carbonyl (C=O) groups is 1. The van der Waals surface area contributed by atoms with Crippen LogP contribution in [0.3, 0.4) is 0 Å². The number of nitrogens with one attached hydrogen (secondary N) is 2. The van der Waals surface area contributed by atoms with Gasteiger partial charge in [0.15, 0.2) is 0 Å². The topological polar surface area (TPSA) is 78.5 Å². The lowest BCUT2D eigenvalue weighted by molar-refractivity contribution is -0.115. The van der Waals surface area contributed by atoms with E-state index in [1.807, 2.05) is 37.3 Å². The number of amides is 1. The number of hydrogen-bond acceptors (Lipinski definition) is 4. The van der Waals surface area contributed by atoms with Gasteiger partial charge in [0.2, 0.25) is 15.9 Å². The zero-order chi connectivity index (χ0) is 20.0. The lowest BCUT2D eigenvalue weighted by Crippen LogP contribution is -2.35. The summed E-state index contributed by atoms with van der Waals surface area (Å²) in [5, 5.41) is 5.96. The maximum absolute atomic E-state index is 12.8. The molecule has 1 heterocycles. The third-order valence-electron chi connectivity index (χ3n) is 4.94. The smallest absolute Gasteiger partial charge is 0.243 e. The summed E-state index contributed by atoms with van der Waals surface area (Å²) >= 11 is 0. The number of hydrogen-bond donors (Lipinski definition) is 2. The van der Waals surface area contributed by atoms with Crippen LogP contribution in [0.15, 0.2) is 59.5 Å². The molecule has 1 fully saturated rings. The summed E-state index contributed by atoms with van der Waals surface area (Å²) in [6.45, 7) is 3.24. The van der Waals surface area contributed by atoms with Crippen molar-refractivity contribution in [3.8, 4) is 0 Å². The van der Waals surface area contributed by atoms with Gasteiger partial charge in [0.1, 0.15) is 0 Å². The minimum atomic E-state index is -3.52. The number of nitrogens with zero attached hydrogens (tertiary/aromatic N) is 1. The first-order chi connectivity index (χ1) is 13.5. The standard InChI is InChI=1S/C21H27N3O3S/c1-17(18-9-4-2-5-10-18)22-16-21(25)23-19-11-8-12-20(15-19)28(26,27)24-13-6-3-7-14-24/h2,4-5,8-12,15,17,22H,3,6-7,13-14,16H2,1H3,(H,23,25)/t17-/m1/s1. The van der Waals surface area contributed by atoms with E-state index < -0.39 is 10.0 Å². The maximum Gasteiger partial charge on any atom is 0.243 e. The highest BCUT2D eigenvalue weighted by Crippen LogP contribution is 2.22. The molecule has 3 rings (SSSR count). The molecule has 2 aromatic rings. The minimum absolute atomic E-state index is 0.0396. The fraction of sp³-hybridized carbons (Fsp3) is 0.381. The largest absolute Gasteiger partial charge is 0.325 e. The van der Waals surface area contributed by atoms with Crippen LogP contribution in [0.4, 0.5) is 5.69 Å². The van der Waals surface area contributed by atoms with Crippen molar-refractivity contribution in [1.29, 1.82) is 0 Å². The number of sulfonamides is 1. The average Bonchev–Trinajstić information content (AvgIpc) is 2.73. The van der Waals surface area contributed by atoms with Crippen molar-refractivity contribution in [1.82, 2.24) is 9.62 Å². The van der Waals surface area contributed by atoms with Crippen LogP contribution in [-0.4, -0.2) is 38.3 Å². The summed E-state index contributed by atoms with van der Waals surface area (Å²) in [4.78, 5) is 12.5. The molecule has 7 heteroatoms. The number of rotatable bonds is 7. The first-order valence-electron chi connectivity index (χ1n) is 9.65. The van der Waals surface area contributed by atoms with E-state index in [2.05, 4.69) is 10.6 Å². The third-order valence-corrected chi connectivity index (χ3v) is 6.83. The van der Waals surface area contributed by atoms with Crippen molar-refractivity contribution in [2.45, 2.75) is 37.1 Å². The van der Waals surface area contributed by atoms with Crippen molar-refractivity contribution >= 4 is 21.6 Å². The van der Waals surface area contributed by atoms with Gasteiger partial charge in [-0.2, -0.15) is 4.31 Å². The van der Waals surface area contributed by atoms with Crippen molar-refractivity contribution in [2.75, 3.05) is 25.0 Å². The molecule has 1 saturated heterocycles. The molecule has 0 unspecified atom stereocenters. The van der Waals surface area contributed by atoms with E-state index in [9.17, 15) is 13.2 Å². The first kappa shape index (κ1) is 20.5. The fourth-order valence-electron chi connectivity index (χ4n) is 3.30. The van der Waals surface area contributed by atoms with Gasteiger partial charge in [-0.05, 0) is 43.5 Å². The molecule has 0 aliphatic carbocycles. The maximum atomic E-state index is 12.8. The Balaban J connectivity index is 1.60. The fourth-order valence-corrected chi connectivity index (χ4v) is 4.86. The van der Waals surface area contributed by atoms with E-state index in [1.54, 1.807) is 18.2 Å². The molecule has 0 bridgehead atoms. The van der Waals surface area contributed by atoms with Crippen LogP contribution < -0.4 is 10.6 Å². The molecule has 150 valence electrons. The minimum Gasteiger partial charge on any atom is -0.325 e. The van der Waals surface area contributed by atoms with E-state index in [0.29, 0.717) is 18.8 Å². The second-order valence-corrected chi connectivity index (χ2v) is 8.99. The molecular weight excluding hydrogens is 374 g/mol. The molecule has 2 aromatic carbocycles. The molecule has 0 radical (unpaired) electrons. The second kappa shape index (κ2) is 9.32. The molecule has 0 saturated carbocycles. The quantitative estimate of drug-likeness (QED) is 0.747. The first-order valence-corrected chi connectivity index (χ1v) is 11.1. The summed E-state index contributed by atoms with van der Waals surface area (Å²) in [5.74, 6) is -0.213. The Labute approximate surface area is 167 Å². The number of benzene rings is 2. The zero-order valence-electron chi connectivity index (χ0n) is 16.1. The van der Waals surface area contributed by atoms with Crippen LogP contribution >= 0.6 is 0 Å². The van der Waals surface area contributed by atoms with Gasteiger partial charge in [0, 0.05) is 24.8 Å². The van der Waals surface area contributed by atoms with Crippen LogP contribution in [0.1, 0.15) is 37.8 Å². The molecule has 1 atom stereocenters. The molecule has 1 aliphatic rings.